The van der Waals surface area contributed by atoms with Crippen molar-refractivity contribution in [3.05, 3.63) is 102 Å². The Morgan fingerprint density at radius 3 is 2.62 bits per heavy atom. The van der Waals surface area contributed by atoms with Gasteiger partial charge in [-0.05, 0) is 72.9 Å². The van der Waals surface area contributed by atoms with E-state index in [0.717, 1.165) is 34.2 Å². The zero-order valence-corrected chi connectivity index (χ0v) is 18.8. The summed E-state index contributed by atoms with van der Waals surface area (Å²) in [5.74, 6) is 2.30. The van der Waals surface area contributed by atoms with Crippen LogP contribution in [0.25, 0.3) is 11.3 Å². The monoisotopic (exact) mass is 461 g/mol. The van der Waals surface area contributed by atoms with E-state index in [2.05, 4.69) is 15.2 Å². The number of hydrogen-bond donors (Lipinski definition) is 1. The van der Waals surface area contributed by atoms with Crippen LogP contribution in [0.4, 0.5) is 5.69 Å². The van der Waals surface area contributed by atoms with Gasteiger partial charge in [-0.2, -0.15) is 0 Å². The Morgan fingerprint density at radius 2 is 1.88 bits per heavy atom. The van der Waals surface area contributed by atoms with Crippen LogP contribution in [0.3, 0.4) is 0 Å². The predicted octanol–water partition coefficient (Wildman–Crippen LogP) is 6.18. The van der Waals surface area contributed by atoms with E-state index < -0.39 is 0 Å². The van der Waals surface area contributed by atoms with Crippen molar-refractivity contribution >= 4 is 34.6 Å². The number of halogens is 1. The normalized spacial score (nSPS) is 17.9. The number of hydrogen-bond acceptors (Lipinski definition) is 4. The van der Waals surface area contributed by atoms with Crippen molar-refractivity contribution in [3.8, 4) is 17.1 Å². The zero-order valence-electron chi connectivity index (χ0n) is 17.2. The Labute approximate surface area is 196 Å². The van der Waals surface area contributed by atoms with E-state index in [1.54, 1.807) is 13.3 Å². The number of nitrogens with zero attached hydrogens (tertiary/aromatic N) is 2. The van der Waals surface area contributed by atoms with Gasteiger partial charge >= 0.3 is 0 Å². The van der Waals surface area contributed by atoms with Crippen molar-refractivity contribution in [2.45, 2.75) is 12.1 Å². The molecule has 2 atom stereocenters. The summed E-state index contributed by atoms with van der Waals surface area (Å²) in [7, 11) is 1.65. The van der Waals surface area contributed by atoms with Crippen molar-refractivity contribution in [1.82, 2.24) is 10.3 Å². The third-order valence-corrected chi connectivity index (χ3v) is 6.04. The first kappa shape index (κ1) is 20.5. The maximum atomic E-state index is 6.36. The highest BCUT2D eigenvalue weighted by Crippen LogP contribution is 2.43. The Balaban J connectivity index is 1.59. The van der Waals surface area contributed by atoms with Crippen LogP contribution in [0.15, 0.2) is 89.5 Å². The molecule has 160 valence electrons. The van der Waals surface area contributed by atoms with Crippen LogP contribution in [-0.4, -0.2) is 17.2 Å². The standard InChI is InChI=1S/C25H20ClN3O2S/c1-30-19-6-4-5-18(15-19)29-24(23(28-25(29)32)20-7-2-3-14-27-20)22-13-12-21(31-22)16-8-10-17(26)11-9-16/h2-15,23-24H,1H3,(H,28,32). The fourth-order valence-electron chi connectivity index (χ4n) is 3.96. The SMILES string of the molecule is COc1cccc(N2C(=S)NC(c3ccccn3)C2c2ccc(-c3ccc(Cl)cc3)o2)c1. The van der Waals surface area contributed by atoms with Gasteiger partial charge in [0, 0.05) is 28.5 Å². The molecule has 1 saturated heterocycles. The number of pyridine rings is 1. The number of ether oxygens (including phenoxy) is 1. The van der Waals surface area contributed by atoms with E-state index in [-0.39, 0.29) is 12.1 Å². The summed E-state index contributed by atoms with van der Waals surface area (Å²) < 4.78 is 11.8. The van der Waals surface area contributed by atoms with Crippen LogP contribution >= 0.6 is 23.8 Å². The van der Waals surface area contributed by atoms with Crippen LogP contribution in [0, 0.1) is 0 Å². The van der Waals surface area contributed by atoms with Gasteiger partial charge in [0.1, 0.15) is 23.3 Å². The molecule has 3 heterocycles. The number of thiocarbonyl (C=S) groups is 1. The quantitative estimate of drug-likeness (QED) is 0.358. The molecule has 32 heavy (non-hydrogen) atoms. The molecule has 5 rings (SSSR count). The van der Waals surface area contributed by atoms with Crippen molar-refractivity contribution in [2.75, 3.05) is 12.0 Å². The molecule has 0 saturated carbocycles. The zero-order chi connectivity index (χ0) is 22.1. The first-order valence-corrected chi connectivity index (χ1v) is 10.9. The predicted molar refractivity (Wildman–Crippen MR) is 130 cm³/mol. The van der Waals surface area contributed by atoms with Crippen LogP contribution in [0.5, 0.6) is 5.75 Å². The lowest BCUT2D eigenvalue weighted by molar-refractivity contribution is 0.414. The lowest BCUT2D eigenvalue weighted by Gasteiger charge is -2.26. The smallest absolute Gasteiger partial charge is 0.174 e. The summed E-state index contributed by atoms with van der Waals surface area (Å²) in [6.07, 6.45) is 1.78. The fraction of sp³-hybridized carbons (Fsp3) is 0.120. The van der Waals surface area contributed by atoms with Crippen LogP contribution in [0.1, 0.15) is 23.5 Å². The van der Waals surface area contributed by atoms with Crippen molar-refractivity contribution in [1.29, 1.82) is 0 Å². The van der Waals surface area contributed by atoms with Gasteiger partial charge in [0.25, 0.3) is 0 Å². The van der Waals surface area contributed by atoms with Gasteiger partial charge in [-0.15, -0.1) is 0 Å². The molecular weight excluding hydrogens is 442 g/mol. The van der Waals surface area contributed by atoms with E-state index in [0.29, 0.717) is 10.1 Å². The highest BCUT2D eigenvalue weighted by atomic mass is 35.5. The summed E-state index contributed by atoms with van der Waals surface area (Å²) in [6.45, 7) is 0. The van der Waals surface area contributed by atoms with Gasteiger partial charge in [0.05, 0.1) is 18.8 Å². The highest BCUT2D eigenvalue weighted by molar-refractivity contribution is 7.80. The van der Waals surface area contributed by atoms with Gasteiger partial charge in [0.15, 0.2) is 5.11 Å². The lowest BCUT2D eigenvalue weighted by Crippen LogP contribution is -2.29. The van der Waals surface area contributed by atoms with Crippen LogP contribution in [-0.2, 0) is 0 Å². The van der Waals surface area contributed by atoms with E-state index in [1.165, 1.54) is 0 Å². The number of methoxy groups -OCH3 is 1. The Hall–Kier alpha value is -3.35. The molecule has 7 heteroatoms. The summed E-state index contributed by atoms with van der Waals surface area (Å²) in [6, 6.07) is 24.8. The van der Waals surface area contributed by atoms with Gasteiger partial charge < -0.3 is 19.4 Å². The second-order valence-corrected chi connectivity index (χ2v) is 8.23. The number of furan rings is 1. The molecule has 0 aliphatic carbocycles. The minimum atomic E-state index is -0.231. The molecule has 1 aliphatic heterocycles. The van der Waals surface area contributed by atoms with Gasteiger partial charge in [-0.25, -0.2) is 0 Å². The van der Waals surface area contributed by atoms with Crippen LogP contribution in [0.2, 0.25) is 5.02 Å². The van der Waals surface area contributed by atoms with Gasteiger partial charge in [-0.3, -0.25) is 4.98 Å². The van der Waals surface area contributed by atoms with E-state index in [4.69, 9.17) is 33.0 Å². The van der Waals surface area contributed by atoms with Gasteiger partial charge in [0.2, 0.25) is 0 Å². The number of nitrogens with one attached hydrogen (secondary N) is 1. The summed E-state index contributed by atoms with van der Waals surface area (Å²) >= 11 is 11.8. The van der Waals surface area contributed by atoms with Crippen molar-refractivity contribution < 1.29 is 9.15 Å². The molecule has 2 unspecified atom stereocenters. The molecule has 0 bridgehead atoms. The number of anilines is 1. The van der Waals surface area contributed by atoms with Crippen molar-refractivity contribution in [2.24, 2.45) is 0 Å². The molecule has 5 nitrogen and oxygen atoms in total. The number of aromatic nitrogens is 1. The topological polar surface area (TPSA) is 50.5 Å². The molecule has 1 aliphatic rings. The molecule has 1 N–H and O–H groups in total. The largest absolute Gasteiger partial charge is 0.497 e. The number of rotatable bonds is 5. The maximum Gasteiger partial charge on any atom is 0.174 e. The molecule has 0 amide bonds. The maximum absolute atomic E-state index is 6.36. The van der Waals surface area contributed by atoms with E-state index in [1.807, 2.05) is 78.9 Å². The minimum Gasteiger partial charge on any atom is -0.497 e. The highest BCUT2D eigenvalue weighted by Gasteiger charge is 2.42. The molecule has 4 aromatic rings. The average Bonchev–Trinajstić information content (AvgIpc) is 3.45. The molecule has 2 aromatic heterocycles. The molecule has 0 radical (unpaired) electrons. The fourth-order valence-corrected chi connectivity index (χ4v) is 4.44. The summed E-state index contributed by atoms with van der Waals surface area (Å²) in [5, 5.41) is 4.72. The Morgan fingerprint density at radius 1 is 1.03 bits per heavy atom. The molecular formula is C25H20ClN3O2S. The summed E-state index contributed by atoms with van der Waals surface area (Å²) in [4.78, 5) is 6.63. The van der Waals surface area contributed by atoms with Gasteiger partial charge in [-0.1, -0.05) is 23.7 Å². The Bertz CT molecular complexity index is 1240. The Kier molecular flexibility index (Phi) is 5.55. The van der Waals surface area contributed by atoms with E-state index in [9.17, 15) is 0 Å². The second kappa shape index (κ2) is 8.65. The van der Waals surface area contributed by atoms with Crippen LogP contribution < -0.4 is 15.0 Å². The van der Waals surface area contributed by atoms with Crippen molar-refractivity contribution in [3.63, 3.8) is 0 Å². The molecule has 0 spiro atoms. The average molecular weight is 462 g/mol. The number of benzene rings is 2. The third-order valence-electron chi connectivity index (χ3n) is 5.48. The molecule has 2 aromatic carbocycles. The third kappa shape index (κ3) is 3.83. The summed E-state index contributed by atoms with van der Waals surface area (Å²) in [5.41, 5.74) is 2.75. The lowest BCUT2D eigenvalue weighted by atomic mass is 10.0. The van der Waals surface area contributed by atoms with E-state index >= 15 is 0 Å². The first-order valence-electron chi connectivity index (χ1n) is 10.1. The minimum absolute atomic E-state index is 0.181. The second-order valence-electron chi connectivity index (χ2n) is 7.41. The molecule has 1 fully saturated rings. The first-order chi connectivity index (χ1) is 15.6.